The Morgan fingerprint density at radius 1 is 1.09 bits per heavy atom. The molecular weight excluding hydrogens is 529 g/mol. The first kappa shape index (κ1) is 25.6. The van der Waals surface area contributed by atoms with Crippen molar-refractivity contribution in [3.63, 3.8) is 0 Å². The number of rotatable bonds is 6. The van der Waals surface area contributed by atoms with Gasteiger partial charge in [0.1, 0.15) is 17.6 Å². The van der Waals surface area contributed by atoms with Crippen LogP contribution in [0.25, 0.3) is 0 Å². The molecule has 0 unspecified atom stereocenters. The van der Waals surface area contributed by atoms with Crippen molar-refractivity contribution in [3.05, 3.63) is 52.5 Å². The average Bonchev–Trinajstić information content (AvgIpc) is 2.81. The van der Waals surface area contributed by atoms with Crippen LogP contribution in [0.4, 0.5) is 23.7 Å². The zero-order chi connectivity index (χ0) is 24.8. The maximum absolute atomic E-state index is 12.6. The van der Waals surface area contributed by atoms with Crippen LogP contribution < -0.4 is 20.1 Å². The molecule has 4 rings (SSSR count). The van der Waals surface area contributed by atoms with Crippen molar-refractivity contribution in [3.8, 4) is 11.5 Å². The summed E-state index contributed by atoms with van der Waals surface area (Å²) in [5, 5.41) is 5.98. The van der Waals surface area contributed by atoms with Gasteiger partial charge in [0.15, 0.2) is 0 Å². The zero-order valence-corrected chi connectivity index (χ0v) is 20.7. The minimum atomic E-state index is -4.78. The van der Waals surface area contributed by atoms with E-state index in [9.17, 15) is 18.0 Å². The fourth-order valence-electron chi connectivity index (χ4n) is 4.17. The number of alkyl halides is 3. The molecule has 0 atom stereocenters. The summed E-state index contributed by atoms with van der Waals surface area (Å²) in [7, 11) is 0. The summed E-state index contributed by atoms with van der Waals surface area (Å²) in [5.41, 5.74) is 1.39. The van der Waals surface area contributed by atoms with E-state index in [2.05, 4.69) is 48.3 Å². The lowest BCUT2D eigenvalue weighted by atomic mass is 10.1. The van der Waals surface area contributed by atoms with Crippen molar-refractivity contribution >= 4 is 27.6 Å². The Morgan fingerprint density at radius 3 is 2.51 bits per heavy atom. The highest BCUT2D eigenvalue weighted by molar-refractivity contribution is 9.10. The third-order valence-electron chi connectivity index (χ3n) is 5.96. The summed E-state index contributed by atoms with van der Waals surface area (Å²) >= 11 is 3.63. The van der Waals surface area contributed by atoms with Crippen LogP contribution in [0.15, 0.2) is 46.9 Å². The van der Waals surface area contributed by atoms with Crippen molar-refractivity contribution < 1.29 is 27.4 Å². The molecule has 11 heteroatoms. The van der Waals surface area contributed by atoms with Crippen LogP contribution in [0, 0.1) is 0 Å². The fourth-order valence-corrected chi connectivity index (χ4v) is 4.69. The van der Waals surface area contributed by atoms with E-state index in [1.54, 1.807) is 4.90 Å². The Morgan fingerprint density at radius 2 is 1.83 bits per heavy atom. The van der Waals surface area contributed by atoms with Gasteiger partial charge in [-0.3, -0.25) is 4.90 Å². The minimum Gasteiger partial charge on any atom is -0.489 e. The molecule has 0 aromatic heterocycles. The summed E-state index contributed by atoms with van der Waals surface area (Å²) < 4.78 is 48.2. The molecule has 2 amide bonds. The number of nitrogens with zero attached hydrogens (tertiary/aromatic N) is 2. The topological polar surface area (TPSA) is 66.1 Å². The number of ether oxygens (including phenoxy) is 2. The van der Waals surface area contributed by atoms with Crippen molar-refractivity contribution in [1.82, 2.24) is 15.1 Å². The van der Waals surface area contributed by atoms with E-state index in [0.717, 1.165) is 54.3 Å². The summed E-state index contributed by atoms with van der Waals surface area (Å²) in [6.45, 7) is 5.11. The number of nitrogens with one attached hydrogen (secondary N) is 2. The van der Waals surface area contributed by atoms with Gasteiger partial charge in [0, 0.05) is 44.5 Å². The summed E-state index contributed by atoms with van der Waals surface area (Å²) in [4.78, 5) is 16.5. The van der Waals surface area contributed by atoms with E-state index in [1.165, 1.54) is 18.2 Å². The van der Waals surface area contributed by atoms with E-state index in [4.69, 9.17) is 4.74 Å². The SMILES string of the molecule is O=C(Nc1cccc(OC(F)(F)F)c1)N1CCN(Cc2ccc(OC3CCNCC3)c(Br)c2)CC1. The third kappa shape index (κ3) is 7.74. The molecule has 2 aromatic carbocycles. The first-order chi connectivity index (χ1) is 16.7. The van der Waals surface area contributed by atoms with Crippen molar-refractivity contribution in [2.75, 3.05) is 44.6 Å². The maximum atomic E-state index is 12.6. The van der Waals surface area contributed by atoms with Gasteiger partial charge in [-0.1, -0.05) is 12.1 Å². The molecule has 0 bridgehead atoms. The lowest BCUT2D eigenvalue weighted by molar-refractivity contribution is -0.274. The number of piperidine rings is 1. The highest BCUT2D eigenvalue weighted by Crippen LogP contribution is 2.29. The first-order valence-corrected chi connectivity index (χ1v) is 12.3. The number of halogens is 4. The number of amides is 2. The van der Waals surface area contributed by atoms with Crippen molar-refractivity contribution in [1.29, 1.82) is 0 Å². The number of carbonyl (C=O) groups is 1. The summed E-state index contributed by atoms with van der Waals surface area (Å²) in [6.07, 6.45) is -2.55. The Hall–Kier alpha value is -2.50. The molecule has 2 aromatic rings. The molecule has 2 aliphatic heterocycles. The number of benzene rings is 2. The standard InChI is InChI=1S/C24H28BrF3N4O3/c25-21-14-17(4-5-22(21)34-19-6-8-29-9-7-19)16-31-10-12-32(13-11-31)23(33)30-18-2-1-3-20(15-18)35-24(26,27)28/h1-5,14-15,19,29H,6-13,16H2,(H,30,33). The fraction of sp³-hybridized carbons (Fsp3) is 0.458. The molecule has 2 fully saturated rings. The van der Waals surface area contributed by atoms with Crippen LogP contribution in [0.1, 0.15) is 18.4 Å². The molecule has 7 nitrogen and oxygen atoms in total. The highest BCUT2D eigenvalue weighted by atomic mass is 79.9. The normalized spacial score (nSPS) is 17.8. The van der Waals surface area contributed by atoms with Crippen molar-refractivity contribution in [2.24, 2.45) is 0 Å². The third-order valence-corrected chi connectivity index (χ3v) is 6.58. The van der Waals surface area contributed by atoms with E-state index in [1.807, 2.05) is 6.07 Å². The smallest absolute Gasteiger partial charge is 0.489 e. The predicted octanol–water partition coefficient (Wildman–Crippen LogP) is 4.83. The van der Waals surface area contributed by atoms with Crippen LogP contribution in [-0.4, -0.2) is 67.6 Å². The van der Waals surface area contributed by atoms with Gasteiger partial charge in [-0.2, -0.15) is 0 Å². The van der Waals surface area contributed by atoms with Crippen molar-refractivity contribution in [2.45, 2.75) is 31.9 Å². The highest BCUT2D eigenvalue weighted by Gasteiger charge is 2.31. The molecule has 2 heterocycles. The van der Waals surface area contributed by atoms with Gasteiger partial charge < -0.3 is 25.0 Å². The second-order valence-corrected chi connectivity index (χ2v) is 9.46. The predicted molar refractivity (Wildman–Crippen MR) is 130 cm³/mol. The number of urea groups is 1. The number of hydrogen-bond acceptors (Lipinski definition) is 5. The van der Waals surface area contributed by atoms with Gasteiger partial charge in [0.25, 0.3) is 0 Å². The minimum absolute atomic E-state index is 0.234. The Kier molecular flexibility index (Phi) is 8.40. The molecule has 0 saturated carbocycles. The molecule has 35 heavy (non-hydrogen) atoms. The average molecular weight is 557 g/mol. The lowest BCUT2D eigenvalue weighted by Gasteiger charge is -2.34. The number of carbonyl (C=O) groups excluding carboxylic acids is 1. The van der Waals surface area contributed by atoms with Gasteiger partial charge in [-0.25, -0.2) is 4.79 Å². The number of anilines is 1. The lowest BCUT2D eigenvalue weighted by Crippen LogP contribution is -2.49. The molecule has 2 N–H and O–H groups in total. The van der Waals surface area contributed by atoms with Crippen LogP contribution in [0.2, 0.25) is 0 Å². The van der Waals surface area contributed by atoms with E-state index in [0.29, 0.717) is 26.2 Å². The largest absolute Gasteiger partial charge is 0.573 e. The van der Waals surface area contributed by atoms with Crippen LogP contribution in [-0.2, 0) is 6.54 Å². The van der Waals surface area contributed by atoms with Crippen LogP contribution >= 0.6 is 15.9 Å². The Bertz CT molecular complexity index is 1010. The molecule has 0 radical (unpaired) electrons. The molecule has 0 spiro atoms. The summed E-state index contributed by atoms with van der Waals surface area (Å²) in [5.74, 6) is 0.477. The molecular formula is C24H28BrF3N4O3. The maximum Gasteiger partial charge on any atom is 0.573 e. The molecule has 190 valence electrons. The number of hydrogen-bond donors (Lipinski definition) is 2. The van der Waals surface area contributed by atoms with E-state index in [-0.39, 0.29) is 23.6 Å². The van der Waals surface area contributed by atoms with Crippen LogP contribution in [0.3, 0.4) is 0 Å². The monoisotopic (exact) mass is 556 g/mol. The quantitative estimate of drug-likeness (QED) is 0.533. The zero-order valence-electron chi connectivity index (χ0n) is 19.1. The molecule has 2 aliphatic rings. The molecule has 0 aliphatic carbocycles. The molecule has 2 saturated heterocycles. The van der Waals surface area contributed by atoms with E-state index >= 15 is 0 Å². The van der Waals surface area contributed by atoms with Gasteiger partial charge in [-0.15, -0.1) is 13.2 Å². The van der Waals surface area contributed by atoms with Gasteiger partial charge in [0.2, 0.25) is 0 Å². The van der Waals surface area contributed by atoms with Gasteiger partial charge >= 0.3 is 12.4 Å². The van der Waals surface area contributed by atoms with E-state index < -0.39 is 6.36 Å². The van der Waals surface area contributed by atoms with Gasteiger partial charge in [0.05, 0.1) is 4.47 Å². The number of piperazine rings is 1. The van der Waals surface area contributed by atoms with Gasteiger partial charge in [-0.05, 0) is 71.7 Å². The second kappa shape index (κ2) is 11.5. The Balaban J connectivity index is 1.24. The van der Waals surface area contributed by atoms with Crippen LogP contribution in [0.5, 0.6) is 11.5 Å². The summed E-state index contributed by atoms with van der Waals surface area (Å²) in [6, 6.07) is 11.0. The Labute approximate surface area is 210 Å². The first-order valence-electron chi connectivity index (χ1n) is 11.5. The second-order valence-electron chi connectivity index (χ2n) is 8.60.